The van der Waals surface area contributed by atoms with E-state index in [2.05, 4.69) is 15.7 Å². The van der Waals surface area contributed by atoms with Crippen molar-refractivity contribution in [3.05, 3.63) is 47.3 Å². The van der Waals surface area contributed by atoms with Gasteiger partial charge in [-0.3, -0.25) is 4.79 Å². The van der Waals surface area contributed by atoms with Crippen LogP contribution in [0.5, 0.6) is 0 Å². The van der Waals surface area contributed by atoms with Gasteiger partial charge < -0.3 is 10.6 Å². The van der Waals surface area contributed by atoms with Crippen molar-refractivity contribution >= 4 is 5.91 Å². The van der Waals surface area contributed by atoms with Crippen LogP contribution in [-0.4, -0.2) is 34.8 Å². The van der Waals surface area contributed by atoms with Crippen molar-refractivity contribution in [1.29, 1.82) is 0 Å². The molecule has 2 heterocycles. The highest BCUT2D eigenvalue weighted by atomic mass is 16.1. The second-order valence-electron chi connectivity index (χ2n) is 5.90. The van der Waals surface area contributed by atoms with Gasteiger partial charge in [0, 0.05) is 23.8 Å². The van der Waals surface area contributed by atoms with Crippen LogP contribution in [0.1, 0.15) is 34.6 Å². The van der Waals surface area contributed by atoms with Crippen LogP contribution >= 0.6 is 0 Å². The molecule has 5 nitrogen and oxygen atoms in total. The fourth-order valence-corrected chi connectivity index (χ4v) is 2.89. The van der Waals surface area contributed by atoms with Crippen LogP contribution in [0.15, 0.2) is 30.3 Å². The van der Waals surface area contributed by atoms with E-state index >= 15 is 0 Å². The number of hydrogen-bond donors (Lipinski definition) is 2. The summed E-state index contributed by atoms with van der Waals surface area (Å²) in [4.78, 5) is 12.3. The van der Waals surface area contributed by atoms with E-state index in [0.717, 1.165) is 43.0 Å². The Morgan fingerprint density at radius 1 is 1.32 bits per heavy atom. The summed E-state index contributed by atoms with van der Waals surface area (Å²) in [6.07, 6.45) is 2.16. The number of carbonyl (C=O) groups excluding carboxylic acids is 1. The fourth-order valence-electron chi connectivity index (χ4n) is 2.89. The first-order valence-corrected chi connectivity index (χ1v) is 7.79. The molecular weight excluding hydrogens is 276 g/mol. The average molecular weight is 298 g/mol. The Bertz CT molecular complexity index is 654. The topological polar surface area (TPSA) is 59.0 Å². The van der Waals surface area contributed by atoms with Gasteiger partial charge in [0.15, 0.2) is 0 Å². The molecule has 2 N–H and O–H groups in total. The van der Waals surface area contributed by atoms with Crippen molar-refractivity contribution in [3.8, 4) is 5.69 Å². The zero-order valence-corrected chi connectivity index (χ0v) is 13.1. The van der Waals surface area contributed by atoms with E-state index in [1.54, 1.807) is 0 Å². The molecule has 2 aromatic rings. The number of nitrogens with one attached hydrogen (secondary N) is 2. The van der Waals surface area contributed by atoms with Crippen LogP contribution in [0.4, 0.5) is 0 Å². The molecule has 1 saturated heterocycles. The molecule has 0 aliphatic carbocycles. The van der Waals surface area contributed by atoms with E-state index < -0.39 is 0 Å². The minimum atomic E-state index is -0.00591. The minimum absolute atomic E-state index is 0.00591. The maximum absolute atomic E-state index is 12.3. The lowest BCUT2D eigenvalue weighted by molar-refractivity contribution is 0.0930. The van der Waals surface area contributed by atoms with Crippen molar-refractivity contribution in [3.63, 3.8) is 0 Å². The lowest BCUT2D eigenvalue weighted by Crippen LogP contribution is -2.45. The van der Waals surface area contributed by atoms with Gasteiger partial charge in [-0.05, 0) is 63.6 Å². The smallest absolute Gasteiger partial charge is 0.251 e. The standard InChI is InChI=1S/C17H22N4O/c1-12-10-13(2)21(20-12)16-7-5-14(6-8-16)17(22)19-15-4-3-9-18-11-15/h5-8,10,15,18H,3-4,9,11H2,1-2H3,(H,19,22)/t15-/m0/s1. The molecule has 1 aromatic carbocycles. The summed E-state index contributed by atoms with van der Waals surface area (Å²) < 4.78 is 1.89. The molecule has 1 atom stereocenters. The van der Waals surface area contributed by atoms with Gasteiger partial charge in [0.2, 0.25) is 0 Å². The zero-order chi connectivity index (χ0) is 15.5. The van der Waals surface area contributed by atoms with Gasteiger partial charge in [-0.1, -0.05) is 0 Å². The Morgan fingerprint density at radius 3 is 2.68 bits per heavy atom. The summed E-state index contributed by atoms with van der Waals surface area (Å²) >= 11 is 0. The molecule has 1 amide bonds. The predicted octanol–water partition coefficient (Wildman–Crippen LogP) is 1.97. The highest BCUT2D eigenvalue weighted by Crippen LogP contribution is 2.13. The predicted molar refractivity (Wildman–Crippen MR) is 86.4 cm³/mol. The van der Waals surface area contributed by atoms with Gasteiger partial charge in [-0.25, -0.2) is 4.68 Å². The second kappa shape index (κ2) is 6.32. The molecule has 0 spiro atoms. The Hall–Kier alpha value is -2.14. The number of aromatic nitrogens is 2. The number of carbonyl (C=O) groups is 1. The maximum atomic E-state index is 12.3. The summed E-state index contributed by atoms with van der Waals surface area (Å²) in [6, 6.07) is 9.86. The van der Waals surface area contributed by atoms with Crippen molar-refractivity contribution in [2.75, 3.05) is 13.1 Å². The van der Waals surface area contributed by atoms with Crippen LogP contribution in [-0.2, 0) is 0 Å². The highest BCUT2D eigenvalue weighted by Gasteiger charge is 2.16. The Kier molecular flexibility index (Phi) is 4.24. The lowest BCUT2D eigenvalue weighted by Gasteiger charge is -2.23. The van der Waals surface area contributed by atoms with Crippen molar-refractivity contribution in [1.82, 2.24) is 20.4 Å². The summed E-state index contributed by atoms with van der Waals surface area (Å²) in [5, 5.41) is 10.8. The number of amides is 1. The number of aryl methyl sites for hydroxylation is 2. The monoisotopic (exact) mass is 298 g/mol. The van der Waals surface area contributed by atoms with E-state index in [0.29, 0.717) is 5.56 Å². The quantitative estimate of drug-likeness (QED) is 0.911. The maximum Gasteiger partial charge on any atom is 0.251 e. The van der Waals surface area contributed by atoms with Gasteiger partial charge in [-0.15, -0.1) is 0 Å². The molecule has 1 fully saturated rings. The molecule has 116 valence electrons. The Labute approximate surface area is 130 Å². The van der Waals surface area contributed by atoms with E-state index in [9.17, 15) is 4.79 Å². The van der Waals surface area contributed by atoms with Gasteiger partial charge in [0.1, 0.15) is 0 Å². The largest absolute Gasteiger partial charge is 0.348 e. The van der Waals surface area contributed by atoms with Crippen LogP contribution in [0.25, 0.3) is 5.69 Å². The van der Waals surface area contributed by atoms with Gasteiger partial charge in [0.25, 0.3) is 5.91 Å². The normalized spacial score (nSPS) is 18.2. The third kappa shape index (κ3) is 3.20. The van der Waals surface area contributed by atoms with E-state index in [4.69, 9.17) is 0 Å². The van der Waals surface area contributed by atoms with Crippen LogP contribution in [0, 0.1) is 13.8 Å². The van der Waals surface area contributed by atoms with Crippen molar-refractivity contribution < 1.29 is 4.79 Å². The molecular formula is C17H22N4O. The third-order valence-electron chi connectivity index (χ3n) is 4.02. The first kappa shape index (κ1) is 14.8. The van der Waals surface area contributed by atoms with Gasteiger partial charge in [0.05, 0.1) is 11.4 Å². The molecule has 1 aliphatic heterocycles. The van der Waals surface area contributed by atoms with Gasteiger partial charge >= 0.3 is 0 Å². The molecule has 3 rings (SSSR count). The number of piperidine rings is 1. The minimum Gasteiger partial charge on any atom is -0.348 e. The van der Waals surface area contributed by atoms with Gasteiger partial charge in [-0.2, -0.15) is 5.10 Å². The number of hydrogen-bond acceptors (Lipinski definition) is 3. The summed E-state index contributed by atoms with van der Waals surface area (Å²) in [5.41, 5.74) is 3.74. The number of benzene rings is 1. The first-order valence-electron chi connectivity index (χ1n) is 7.79. The summed E-state index contributed by atoms with van der Waals surface area (Å²) in [6.45, 7) is 5.90. The zero-order valence-electron chi connectivity index (χ0n) is 13.1. The molecule has 1 aromatic heterocycles. The molecule has 0 radical (unpaired) electrons. The molecule has 0 saturated carbocycles. The summed E-state index contributed by atoms with van der Waals surface area (Å²) in [5.74, 6) is -0.00591. The molecule has 0 bridgehead atoms. The highest BCUT2D eigenvalue weighted by molar-refractivity contribution is 5.94. The van der Waals surface area contributed by atoms with Crippen LogP contribution in [0.2, 0.25) is 0 Å². The van der Waals surface area contributed by atoms with Crippen LogP contribution < -0.4 is 10.6 Å². The Balaban J connectivity index is 1.70. The van der Waals surface area contributed by atoms with Crippen LogP contribution in [0.3, 0.4) is 0 Å². The Morgan fingerprint density at radius 2 is 2.09 bits per heavy atom. The molecule has 1 aliphatic rings. The molecule has 5 heteroatoms. The number of nitrogens with zero attached hydrogens (tertiary/aromatic N) is 2. The third-order valence-corrected chi connectivity index (χ3v) is 4.02. The lowest BCUT2D eigenvalue weighted by atomic mass is 10.1. The summed E-state index contributed by atoms with van der Waals surface area (Å²) in [7, 11) is 0. The first-order chi connectivity index (χ1) is 10.6. The SMILES string of the molecule is Cc1cc(C)n(-c2ccc(C(=O)N[C@H]3CCCNC3)cc2)n1. The molecule has 0 unspecified atom stereocenters. The molecule has 22 heavy (non-hydrogen) atoms. The van der Waals surface area contributed by atoms with E-state index in [1.807, 2.05) is 48.9 Å². The number of rotatable bonds is 3. The average Bonchev–Trinajstić information content (AvgIpc) is 2.87. The van der Waals surface area contributed by atoms with E-state index in [1.165, 1.54) is 0 Å². The van der Waals surface area contributed by atoms with Crippen molar-refractivity contribution in [2.24, 2.45) is 0 Å². The fraction of sp³-hybridized carbons (Fsp3) is 0.412. The van der Waals surface area contributed by atoms with E-state index in [-0.39, 0.29) is 11.9 Å². The second-order valence-corrected chi connectivity index (χ2v) is 5.90. The van der Waals surface area contributed by atoms with Crippen molar-refractivity contribution in [2.45, 2.75) is 32.7 Å².